The van der Waals surface area contributed by atoms with E-state index in [2.05, 4.69) is 5.32 Å². The van der Waals surface area contributed by atoms with Crippen LogP contribution in [0.25, 0.3) is 0 Å². The van der Waals surface area contributed by atoms with E-state index in [1.165, 1.54) is 17.0 Å². The van der Waals surface area contributed by atoms with Crippen LogP contribution >= 0.6 is 0 Å². The van der Waals surface area contributed by atoms with Crippen LogP contribution in [0.2, 0.25) is 0 Å². The van der Waals surface area contributed by atoms with Crippen molar-refractivity contribution in [2.24, 2.45) is 17.8 Å². The van der Waals surface area contributed by atoms with E-state index in [0.29, 0.717) is 37.3 Å². The number of ether oxygens (including phenoxy) is 1. The molecular weight excluding hydrogens is 367 g/mol. The van der Waals surface area contributed by atoms with Crippen LogP contribution in [-0.4, -0.2) is 49.2 Å². The van der Waals surface area contributed by atoms with Gasteiger partial charge in [-0.15, -0.1) is 0 Å². The van der Waals surface area contributed by atoms with Crippen molar-refractivity contribution in [3.63, 3.8) is 0 Å². The molecule has 2 heterocycles. The van der Waals surface area contributed by atoms with Crippen LogP contribution in [0.3, 0.4) is 0 Å². The van der Waals surface area contributed by atoms with Crippen molar-refractivity contribution in [2.45, 2.75) is 26.2 Å². The predicted octanol–water partition coefficient (Wildman–Crippen LogP) is 1.73. The van der Waals surface area contributed by atoms with Crippen molar-refractivity contribution in [3.05, 3.63) is 29.6 Å². The maximum atomic E-state index is 13.5. The van der Waals surface area contributed by atoms with Gasteiger partial charge in [0.2, 0.25) is 11.8 Å². The Hall–Kier alpha value is -2.48. The molecule has 0 bridgehead atoms. The molecule has 8 heteroatoms. The Morgan fingerprint density at radius 2 is 2.07 bits per heavy atom. The quantitative estimate of drug-likeness (QED) is 0.769. The SMILES string of the molecule is Cc1cc(N2CC(C(=O)NCC(C(=O)O)C3CCOCC3)CC2=O)ccc1F. The fraction of sp³-hybridized carbons (Fsp3) is 0.550. The molecule has 7 nitrogen and oxygen atoms in total. The third-order valence-electron chi connectivity index (χ3n) is 5.60. The van der Waals surface area contributed by atoms with Crippen LogP contribution in [0.4, 0.5) is 10.1 Å². The molecule has 1 aromatic carbocycles. The topological polar surface area (TPSA) is 95.9 Å². The third-order valence-corrected chi connectivity index (χ3v) is 5.60. The summed E-state index contributed by atoms with van der Waals surface area (Å²) in [5, 5.41) is 12.2. The van der Waals surface area contributed by atoms with E-state index in [9.17, 15) is 23.9 Å². The molecule has 2 N–H and O–H groups in total. The molecule has 3 rings (SSSR count). The lowest BCUT2D eigenvalue weighted by Crippen LogP contribution is -2.41. The molecular formula is C20H25FN2O5. The van der Waals surface area contributed by atoms with Crippen LogP contribution in [0, 0.1) is 30.5 Å². The number of anilines is 1. The molecule has 2 aliphatic heterocycles. The number of halogens is 1. The first kappa shape index (κ1) is 20.3. The Labute approximate surface area is 162 Å². The Balaban J connectivity index is 1.59. The number of benzene rings is 1. The van der Waals surface area contributed by atoms with Crippen LogP contribution in [0.5, 0.6) is 0 Å². The highest BCUT2D eigenvalue weighted by molar-refractivity contribution is 6.00. The van der Waals surface area contributed by atoms with Crippen LogP contribution in [0.15, 0.2) is 18.2 Å². The molecule has 0 spiro atoms. The standard InChI is InChI=1S/C20H25FN2O5/c1-12-8-15(2-3-17(12)21)23-11-14(9-18(23)24)19(25)22-10-16(20(26)27)13-4-6-28-7-5-13/h2-3,8,13-14,16H,4-7,9-11H2,1H3,(H,22,25)(H,26,27). The fourth-order valence-corrected chi connectivity index (χ4v) is 3.86. The smallest absolute Gasteiger partial charge is 0.308 e. The van der Waals surface area contributed by atoms with Gasteiger partial charge in [-0.1, -0.05) is 0 Å². The first-order chi connectivity index (χ1) is 13.4. The molecule has 0 radical (unpaired) electrons. The number of carbonyl (C=O) groups is 3. The summed E-state index contributed by atoms with van der Waals surface area (Å²) in [5.74, 6) is -3.06. The zero-order chi connectivity index (χ0) is 20.3. The minimum absolute atomic E-state index is 0.0320. The van der Waals surface area contributed by atoms with E-state index in [1.54, 1.807) is 13.0 Å². The van der Waals surface area contributed by atoms with E-state index in [-0.39, 0.29) is 43.1 Å². The van der Waals surface area contributed by atoms with Crippen molar-refractivity contribution in [3.8, 4) is 0 Å². The predicted molar refractivity (Wildman–Crippen MR) is 99.3 cm³/mol. The zero-order valence-electron chi connectivity index (χ0n) is 15.8. The van der Waals surface area contributed by atoms with E-state index >= 15 is 0 Å². The lowest BCUT2D eigenvalue weighted by molar-refractivity contribution is -0.145. The van der Waals surface area contributed by atoms with Gasteiger partial charge in [-0.25, -0.2) is 4.39 Å². The van der Waals surface area contributed by atoms with Gasteiger partial charge in [-0.05, 0) is 49.4 Å². The van der Waals surface area contributed by atoms with Gasteiger partial charge < -0.3 is 20.1 Å². The van der Waals surface area contributed by atoms with Crippen molar-refractivity contribution < 1.29 is 28.6 Å². The summed E-state index contributed by atoms with van der Waals surface area (Å²) >= 11 is 0. The zero-order valence-corrected chi connectivity index (χ0v) is 15.8. The number of nitrogens with zero attached hydrogens (tertiary/aromatic N) is 1. The number of nitrogens with one attached hydrogen (secondary N) is 1. The van der Waals surface area contributed by atoms with Crippen LogP contribution in [-0.2, 0) is 19.1 Å². The van der Waals surface area contributed by atoms with Gasteiger partial charge in [0.15, 0.2) is 0 Å². The lowest BCUT2D eigenvalue weighted by Gasteiger charge is -2.28. The number of hydrogen-bond acceptors (Lipinski definition) is 4. The molecule has 0 saturated carbocycles. The monoisotopic (exact) mass is 392 g/mol. The molecule has 2 unspecified atom stereocenters. The van der Waals surface area contributed by atoms with Gasteiger partial charge in [0.05, 0.1) is 11.8 Å². The maximum Gasteiger partial charge on any atom is 0.308 e. The summed E-state index contributed by atoms with van der Waals surface area (Å²) in [4.78, 5) is 37.9. The Kier molecular flexibility index (Phi) is 6.28. The molecule has 2 saturated heterocycles. The average Bonchev–Trinajstić information content (AvgIpc) is 3.06. The summed E-state index contributed by atoms with van der Waals surface area (Å²) < 4.78 is 18.7. The van der Waals surface area contributed by atoms with E-state index in [4.69, 9.17) is 4.74 Å². The highest BCUT2D eigenvalue weighted by Crippen LogP contribution is 2.27. The summed E-state index contributed by atoms with van der Waals surface area (Å²) in [6.45, 7) is 2.92. The summed E-state index contributed by atoms with van der Waals surface area (Å²) in [6.07, 6.45) is 1.37. The van der Waals surface area contributed by atoms with E-state index < -0.39 is 17.8 Å². The van der Waals surface area contributed by atoms with Crippen molar-refractivity contribution in [2.75, 3.05) is 31.2 Å². The van der Waals surface area contributed by atoms with E-state index in [0.717, 1.165) is 0 Å². The number of carbonyl (C=O) groups excluding carboxylic acids is 2. The minimum atomic E-state index is -0.932. The highest BCUT2D eigenvalue weighted by Gasteiger charge is 2.36. The first-order valence-electron chi connectivity index (χ1n) is 9.51. The summed E-state index contributed by atoms with van der Waals surface area (Å²) in [7, 11) is 0. The van der Waals surface area contributed by atoms with Crippen molar-refractivity contribution in [1.29, 1.82) is 0 Å². The molecule has 2 amide bonds. The Bertz CT molecular complexity index is 763. The molecule has 0 aliphatic carbocycles. The second-order valence-corrected chi connectivity index (χ2v) is 7.48. The summed E-state index contributed by atoms with van der Waals surface area (Å²) in [6, 6.07) is 4.40. The van der Waals surface area contributed by atoms with Crippen LogP contribution in [0.1, 0.15) is 24.8 Å². The number of aryl methyl sites for hydroxylation is 1. The van der Waals surface area contributed by atoms with Gasteiger partial charge in [0.1, 0.15) is 5.82 Å². The number of carboxylic acids is 1. The van der Waals surface area contributed by atoms with Crippen LogP contribution < -0.4 is 10.2 Å². The number of amides is 2. The summed E-state index contributed by atoms with van der Waals surface area (Å²) in [5.41, 5.74) is 0.990. The second-order valence-electron chi connectivity index (χ2n) is 7.48. The largest absolute Gasteiger partial charge is 0.481 e. The second kappa shape index (κ2) is 8.68. The van der Waals surface area contributed by atoms with Gasteiger partial charge in [-0.3, -0.25) is 14.4 Å². The molecule has 2 aliphatic rings. The van der Waals surface area contributed by atoms with Gasteiger partial charge in [0, 0.05) is 38.4 Å². The number of hydrogen-bond donors (Lipinski definition) is 2. The number of aliphatic carboxylic acids is 1. The molecule has 152 valence electrons. The third kappa shape index (κ3) is 4.49. The maximum absolute atomic E-state index is 13.5. The normalized spacial score (nSPS) is 21.6. The molecule has 1 aromatic rings. The van der Waals surface area contributed by atoms with Crippen molar-refractivity contribution >= 4 is 23.5 Å². The number of rotatable bonds is 6. The Morgan fingerprint density at radius 3 is 2.71 bits per heavy atom. The molecule has 28 heavy (non-hydrogen) atoms. The average molecular weight is 392 g/mol. The molecule has 0 aromatic heterocycles. The van der Waals surface area contributed by atoms with Gasteiger partial charge in [-0.2, -0.15) is 0 Å². The van der Waals surface area contributed by atoms with Gasteiger partial charge >= 0.3 is 5.97 Å². The fourth-order valence-electron chi connectivity index (χ4n) is 3.86. The molecule has 2 fully saturated rings. The van der Waals surface area contributed by atoms with Crippen molar-refractivity contribution in [1.82, 2.24) is 5.32 Å². The number of carboxylic acid groups (broad SMARTS) is 1. The minimum Gasteiger partial charge on any atom is -0.481 e. The van der Waals surface area contributed by atoms with E-state index in [1.807, 2.05) is 0 Å². The lowest BCUT2D eigenvalue weighted by atomic mass is 9.86. The highest BCUT2D eigenvalue weighted by atomic mass is 19.1. The first-order valence-corrected chi connectivity index (χ1v) is 9.51. The Morgan fingerprint density at radius 1 is 1.36 bits per heavy atom. The van der Waals surface area contributed by atoms with Gasteiger partial charge in [0.25, 0.3) is 0 Å². The molecule has 2 atom stereocenters.